The third-order valence-corrected chi connectivity index (χ3v) is 0. The molecule has 0 fully saturated rings. The van der Waals surface area contributed by atoms with Crippen molar-refractivity contribution < 1.29 is 30.8 Å². The third-order valence-electron chi connectivity index (χ3n) is 0. The molecule has 0 aromatic heterocycles. The molecule has 0 N–H and O–H groups in total. The summed E-state index contributed by atoms with van der Waals surface area (Å²) >= 11 is -6.75. The predicted octanol–water partition coefficient (Wildman–Crippen LogP) is 1.14. The van der Waals surface area contributed by atoms with E-state index < -0.39 is 18.2 Å². The Morgan fingerprint density at radius 1 is 1.20 bits per heavy atom. The molecule has 5 heavy (non-hydrogen) atoms. The van der Waals surface area contributed by atoms with Crippen molar-refractivity contribution in [2.75, 3.05) is 0 Å². The van der Waals surface area contributed by atoms with Gasteiger partial charge in [0.25, 0.3) is 0 Å². The quantitative estimate of drug-likeness (QED) is 0.439. The van der Waals surface area contributed by atoms with Gasteiger partial charge in [-0.1, -0.05) is 0 Å². The molecule has 0 aliphatic rings. The fourth-order valence-corrected chi connectivity index (χ4v) is 0. The third kappa shape index (κ3) is 247. The van der Waals surface area contributed by atoms with E-state index in [0.29, 0.717) is 0 Å². The summed E-state index contributed by atoms with van der Waals surface area (Å²) in [5.74, 6) is 0. The molecule has 0 unspecified atom stereocenters. The zero-order valence-electron chi connectivity index (χ0n) is 2.04. The van der Waals surface area contributed by atoms with E-state index in [2.05, 4.69) is 0 Å². The van der Waals surface area contributed by atoms with Crippen LogP contribution in [0.15, 0.2) is 0 Å². The normalized spacial score (nSPS) is 11.8. The summed E-state index contributed by atoms with van der Waals surface area (Å²) in [7, 11) is 0. The van der Waals surface area contributed by atoms with Gasteiger partial charge < -0.3 is 0 Å². The van der Waals surface area contributed by atoms with Gasteiger partial charge in [0.2, 0.25) is 0 Å². The van der Waals surface area contributed by atoms with Gasteiger partial charge in [-0.25, -0.2) is 0 Å². The second kappa shape index (κ2) is 1.18. The van der Waals surface area contributed by atoms with E-state index in [1.54, 1.807) is 0 Å². The first kappa shape index (κ1) is 5.30. The summed E-state index contributed by atoms with van der Waals surface area (Å²) < 4.78 is 38.2. The SMILES string of the molecule is [O]=[Ti]([F])([F])[F]. The van der Waals surface area contributed by atoms with Crippen LogP contribution >= 0.6 is 0 Å². The van der Waals surface area contributed by atoms with Gasteiger partial charge in [0, 0.05) is 0 Å². The van der Waals surface area contributed by atoms with Gasteiger partial charge >= 0.3 is 30.8 Å². The van der Waals surface area contributed by atoms with Crippen LogP contribution in [0.5, 0.6) is 0 Å². The Hall–Kier alpha value is 0.304. The van der Waals surface area contributed by atoms with Crippen LogP contribution in [-0.4, -0.2) is 0 Å². The molecule has 1 nitrogen and oxygen atoms in total. The number of hydrogen-bond acceptors (Lipinski definition) is 1. The van der Waals surface area contributed by atoms with Crippen molar-refractivity contribution >= 4 is 0 Å². The fraction of sp³-hybridized carbons (Fsp3) is 0. The van der Waals surface area contributed by atoms with Gasteiger partial charge in [-0.2, -0.15) is 0 Å². The van der Waals surface area contributed by atoms with Crippen molar-refractivity contribution in [3.63, 3.8) is 0 Å². The summed E-state index contributed by atoms with van der Waals surface area (Å²) in [4.78, 5) is 0. The van der Waals surface area contributed by atoms with Gasteiger partial charge in [-0.15, -0.1) is 0 Å². The molecule has 0 atom stereocenters. The van der Waals surface area contributed by atoms with Gasteiger partial charge in [-0.05, 0) is 0 Å². The van der Waals surface area contributed by atoms with E-state index >= 15 is 0 Å². The Kier molecular flexibility index (Phi) is 1.25. The Balaban J connectivity index is 3.47. The van der Waals surface area contributed by atoms with Gasteiger partial charge in [0.1, 0.15) is 0 Å². The van der Waals surface area contributed by atoms with E-state index in [-0.39, 0.29) is 0 Å². The number of rotatable bonds is 0. The first-order valence-electron chi connectivity index (χ1n) is 0.771. The molecule has 0 saturated heterocycles. The minimum absolute atomic E-state index is 6.75. The van der Waals surface area contributed by atoms with Crippen molar-refractivity contribution in [2.45, 2.75) is 0 Å². The molecule has 0 heterocycles. The summed E-state index contributed by atoms with van der Waals surface area (Å²) in [6.07, 6.45) is 0. The van der Waals surface area contributed by atoms with E-state index in [1.165, 1.54) is 0 Å². The van der Waals surface area contributed by atoms with E-state index in [4.69, 9.17) is 3.32 Å². The van der Waals surface area contributed by atoms with E-state index in [9.17, 15) is 9.28 Å². The van der Waals surface area contributed by atoms with Crippen LogP contribution < -0.4 is 0 Å². The zero-order valence-corrected chi connectivity index (χ0v) is 3.60. The van der Waals surface area contributed by atoms with Crippen LogP contribution in [0.25, 0.3) is 0 Å². The Labute approximate surface area is 31.5 Å². The maximum atomic E-state index is 9.99. The zero-order chi connectivity index (χ0) is 4.50. The number of halogens is 3. The fourth-order valence-electron chi connectivity index (χ4n) is 0. The minimum atomic E-state index is -6.75. The molecule has 0 radical (unpaired) electrons. The van der Waals surface area contributed by atoms with Crippen LogP contribution in [0.3, 0.4) is 0 Å². The van der Waals surface area contributed by atoms with Crippen LogP contribution in [-0.2, 0) is 21.5 Å². The van der Waals surface area contributed by atoms with E-state index in [0.717, 1.165) is 0 Å². The van der Waals surface area contributed by atoms with Crippen molar-refractivity contribution in [2.24, 2.45) is 0 Å². The molecule has 0 saturated carbocycles. The molecule has 0 rings (SSSR count). The van der Waals surface area contributed by atoms with E-state index in [1.807, 2.05) is 0 Å². The first-order valence-corrected chi connectivity index (χ1v) is 3.18. The van der Waals surface area contributed by atoms with Crippen LogP contribution in [0.1, 0.15) is 0 Å². The Morgan fingerprint density at radius 2 is 1.20 bits per heavy atom. The predicted molar refractivity (Wildman–Crippen MR) is 4.01 cm³/mol. The first-order chi connectivity index (χ1) is 2.00. The molecule has 0 bridgehead atoms. The number of hydrogen-bond donors (Lipinski definition) is 0. The van der Waals surface area contributed by atoms with Crippen LogP contribution in [0, 0.1) is 0 Å². The molecular formula is F3OTi. The second-order valence-electron chi connectivity index (χ2n) is 0.446. The second-order valence-corrected chi connectivity index (χ2v) is 1.84. The molecule has 0 spiro atoms. The summed E-state index contributed by atoms with van der Waals surface area (Å²) in [6, 6.07) is 0. The van der Waals surface area contributed by atoms with Gasteiger partial charge in [0.05, 0.1) is 0 Å². The van der Waals surface area contributed by atoms with Crippen LogP contribution in [0.2, 0.25) is 0 Å². The van der Waals surface area contributed by atoms with Crippen molar-refractivity contribution in [3.05, 3.63) is 0 Å². The van der Waals surface area contributed by atoms with Crippen LogP contribution in [0.4, 0.5) is 9.28 Å². The molecule has 0 aliphatic carbocycles. The summed E-state index contributed by atoms with van der Waals surface area (Å²) in [6.45, 7) is 0. The topological polar surface area (TPSA) is 17.1 Å². The van der Waals surface area contributed by atoms with Gasteiger partial charge in [-0.3, -0.25) is 0 Å². The van der Waals surface area contributed by atoms with Crippen molar-refractivity contribution in [1.82, 2.24) is 0 Å². The Bertz CT molecular complexity index is 53.0. The molecular weight excluding hydrogens is 121 g/mol. The molecule has 0 amide bonds. The summed E-state index contributed by atoms with van der Waals surface area (Å²) in [5.41, 5.74) is 0. The van der Waals surface area contributed by atoms with Crippen molar-refractivity contribution in [3.8, 4) is 0 Å². The molecule has 31 valence electrons. The molecule has 5 heteroatoms. The van der Waals surface area contributed by atoms with Gasteiger partial charge in [0.15, 0.2) is 0 Å². The standard InChI is InChI=1S/3FH.O.Ti/h3*1H;;/q;;;;+3/p-3. The summed E-state index contributed by atoms with van der Waals surface area (Å²) in [5, 5.41) is 0. The average Bonchev–Trinajstić information content (AvgIpc) is 0.722. The maximum absolute atomic E-state index is 9.99. The van der Waals surface area contributed by atoms with Crippen molar-refractivity contribution in [1.29, 1.82) is 0 Å². The molecule has 0 aromatic rings. The molecule has 0 aliphatic heterocycles. The Morgan fingerprint density at radius 3 is 1.20 bits per heavy atom. The monoisotopic (exact) mass is 121 g/mol. The average molecular weight is 121 g/mol. The molecule has 0 aromatic carbocycles.